The van der Waals surface area contributed by atoms with Crippen molar-refractivity contribution in [1.29, 1.82) is 0 Å². The minimum absolute atomic E-state index is 0.0360. The molecule has 0 aromatic carbocycles. The summed E-state index contributed by atoms with van der Waals surface area (Å²) in [4.78, 5) is 35.0. The zero-order valence-electron chi connectivity index (χ0n) is 9.77. The van der Waals surface area contributed by atoms with Gasteiger partial charge in [-0.25, -0.2) is 9.97 Å². The fourth-order valence-corrected chi connectivity index (χ4v) is 3.01. The van der Waals surface area contributed by atoms with Crippen molar-refractivity contribution in [2.24, 2.45) is 0 Å². The molecule has 0 bridgehead atoms. The van der Waals surface area contributed by atoms with Gasteiger partial charge >= 0.3 is 0 Å². The minimum atomic E-state index is -0.176. The van der Waals surface area contributed by atoms with E-state index in [1.165, 1.54) is 24.6 Å². The van der Waals surface area contributed by atoms with E-state index in [4.69, 9.17) is 0 Å². The first-order valence-electron chi connectivity index (χ1n) is 5.36. The van der Waals surface area contributed by atoms with Crippen molar-refractivity contribution in [3.05, 3.63) is 34.0 Å². The SMILES string of the molecule is CC(=O)c1cc2c(nc1C)sc1c(=O)[nH]cnc12. The quantitative estimate of drug-likeness (QED) is 0.678. The van der Waals surface area contributed by atoms with Crippen LogP contribution in [-0.4, -0.2) is 20.7 Å². The fraction of sp³-hybridized carbons (Fsp3) is 0.167. The first kappa shape index (κ1) is 11.0. The van der Waals surface area contributed by atoms with Crippen LogP contribution in [0.3, 0.4) is 0 Å². The highest BCUT2D eigenvalue weighted by atomic mass is 32.1. The molecule has 3 aromatic heterocycles. The Balaban J connectivity index is 2.53. The van der Waals surface area contributed by atoms with E-state index in [1.54, 1.807) is 13.0 Å². The maximum atomic E-state index is 11.7. The lowest BCUT2D eigenvalue weighted by Crippen LogP contribution is -2.03. The third-order valence-electron chi connectivity index (χ3n) is 2.82. The van der Waals surface area contributed by atoms with Gasteiger partial charge in [0, 0.05) is 16.6 Å². The van der Waals surface area contributed by atoms with Gasteiger partial charge in [-0.05, 0) is 19.9 Å². The predicted molar refractivity (Wildman–Crippen MR) is 70.3 cm³/mol. The van der Waals surface area contributed by atoms with Crippen LogP contribution in [0.2, 0.25) is 0 Å². The van der Waals surface area contributed by atoms with Crippen LogP contribution >= 0.6 is 11.3 Å². The number of carbonyl (C=O) groups excluding carboxylic acids is 1. The van der Waals surface area contributed by atoms with E-state index in [1.807, 2.05) is 0 Å². The fourth-order valence-electron chi connectivity index (χ4n) is 1.96. The monoisotopic (exact) mass is 259 g/mol. The number of aromatic amines is 1. The van der Waals surface area contributed by atoms with Gasteiger partial charge in [-0.3, -0.25) is 9.59 Å². The van der Waals surface area contributed by atoms with Gasteiger partial charge in [0.25, 0.3) is 5.56 Å². The van der Waals surface area contributed by atoms with Gasteiger partial charge in [0.15, 0.2) is 5.78 Å². The van der Waals surface area contributed by atoms with Crippen LogP contribution in [0.1, 0.15) is 23.0 Å². The first-order chi connectivity index (χ1) is 8.58. The highest BCUT2D eigenvalue weighted by Crippen LogP contribution is 2.30. The summed E-state index contributed by atoms with van der Waals surface area (Å²) >= 11 is 1.29. The normalized spacial score (nSPS) is 11.2. The van der Waals surface area contributed by atoms with E-state index in [9.17, 15) is 9.59 Å². The van der Waals surface area contributed by atoms with E-state index < -0.39 is 0 Å². The lowest BCUT2D eigenvalue weighted by Gasteiger charge is -2.00. The number of nitrogens with zero attached hydrogens (tertiary/aromatic N) is 2. The van der Waals surface area contributed by atoms with E-state index in [2.05, 4.69) is 15.0 Å². The molecule has 3 aromatic rings. The number of ketones is 1. The number of pyridine rings is 1. The average Bonchev–Trinajstić information content (AvgIpc) is 2.67. The summed E-state index contributed by atoms with van der Waals surface area (Å²) in [5, 5.41) is 0.761. The van der Waals surface area contributed by atoms with Crippen LogP contribution < -0.4 is 5.56 Å². The standard InChI is InChI=1S/C12H9N3O2S/c1-5-7(6(2)16)3-8-9-10(18-12(8)15-5)11(17)14-4-13-9/h3-4H,1-2H3,(H,13,14,17). The molecule has 0 amide bonds. The number of aromatic nitrogens is 3. The van der Waals surface area contributed by atoms with Crippen molar-refractivity contribution < 1.29 is 4.79 Å². The Bertz CT molecular complexity index is 848. The summed E-state index contributed by atoms with van der Waals surface area (Å²) in [6, 6.07) is 1.77. The second-order valence-electron chi connectivity index (χ2n) is 4.04. The lowest BCUT2D eigenvalue weighted by atomic mass is 10.1. The highest BCUT2D eigenvalue weighted by Gasteiger charge is 2.14. The Morgan fingerprint density at radius 1 is 1.44 bits per heavy atom. The number of rotatable bonds is 1. The molecule has 3 rings (SSSR count). The van der Waals surface area contributed by atoms with Crippen molar-refractivity contribution in [1.82, 2.24) is 15.0 Å². The Labute approximate surface area is 106 Å². The molecule has 0 atom stereocenters. The number of nitrogens with one attached hydrogen (secondary N) is 1. The topological polar surface area (TPSA) is 75.7 Å². The lowest BCUT2D eigenvalue weighted by molar-refractivity contribution is 0.101. The zero-order valence-corrected chi connectivity index (χ0v) is 10.6. The molecular weight excluding hydrogens is 250 g/mol. The number of Topliss-reactive ketones (excluding diaryl/α,β-unsaturated/α-hetero) is 1. The van der Waals surface area contributed by atoms with Crippen molar-refractivity contribution >= 4 is 37.6 Å². The number of H-pyrrole nitrogens is 1. The summed E-state index contributed by atoms with van der Waals surface area (Å²) < 4.78 is 0.542. The first-order valence-corrected chi connectivity index (χ1v) is 6.18. The molecular formula is C12H9N3O2S. The summed E-state index contributed by atoms with van der Waals surface area (Å²) in [6.45, 7) is 3.29. The van der Waals surface area contributed by atoms with Gasteiger partial charge in [-0.2, -0.15) is 0 Å². The number of carbonyl (C=O) groups is 1. The van der Waals surface area contributed by atoms with Gasteiger partial charge in [0.2, 0.25) is 0 Å². The molecule has 0 aliphatic heterocycles. The smallest absolute Gasteiger partial charge is 0.268 e. The summed E-state index contributed by atoms with van der Waals surface area (Å²) in [5.74, 6) is -0.0360. The van der Waals surface area contributed by atoms with E-state index >= 15 is 0 Å². The molecule has 0 aliphatic carbocycles. The van der Waals surface area contributed by atoms with Gasteiger partial charge in [-0.15, -0.1) is 11.3 Å². The number of aryl methyl sites for hydroxylation is 1. The summed E-state index contributed by atoms with van der Waals surface area (Å²) in [5.41, 5.74) is 1.68. The molecule has 0 spiro atoms. The van der Waals surface area contributed by atoms with Crippen LogP contribution in [0.4, 0.5) is 0 Å². The maximum absolute atomic E-state index is 11.7. The maximum Gasteiger partial charge on any atom is 0.268 e. The summed E-state index contributed by atoms with van der Waals surface area (Å²) in [7, 11) is 0. The summed E-state index contributed by atoms with van der Waals surface area (Å²) in [6.07, 6.45) is 1.37. The van der Waals surface area contributed by atoms with Crippen LogP contribution in [0, 0.1) is 6.92 Å². The van der Waals surface area contributed by atoms with Crippen molar-refractivity contribution in [2.75, 3.05) is 0 Å². The Morgan fingerprint density at radius 3 is 2.94 bits per heavy atom. The zero-order chi connectivity index (χ0) is 12.9. The number of thiophene rings is 1. The van der Waals surface area contributed by atoms with Crippen LogP contribution in [-0.2, 0) is 0 Å². The van der Waals surface area contributed by atoms with Crippen LogP contribution in [0.15, 0.2) is 17.2 Å². The molecule has 0 radical (unpaired) electrons. The second kappa shape index (κ2) is 3.71. The molecule has 0 saturated heterocycles. The molecule has 0 unspecified atom stereocenters. The highest BCUT2D eigenvalue weighted by molar-refractivity contribution is 7.25. The average molecular weight is 259 g/mol. The van der Waals surface area contributed by atoms with Crippen LogP contribution in [0.25, 0.3) is 20.4 Å². The predicted octanol–water partition coefficient (Wildman–Crippen LogP) is 2.04. The van der Waals surface area contributed by atoms with Gasteiger partial charge in [-0.1, -0.05) is 0 Å². The molecule has 0 aliphatic rings. The Kier molecular flexibility index (Phi) is 2.27. The Hall–Kier alpha value is -2.08. The third-order valence-corrected chi connectivity index (χ3v) is 3.91. The number of hydrogen-bond donors (Lipinski definition) is 1. The Morgan fingerprint density at radius 2 is 2.22 bits per heavy atom. The molecule has 3 heterocycles. The van der Waals surface area contributed by atoms with Gasteiger partial charge in [0.05, 0.1) is 11.8 Å². The molecule has 90 valence electrons. The number of hydrogen-bond acceptors (Lipinski definition) is 5. The van der Waals surface area contributed by atoms with Crippen molar-refractivity contribution in [2.45, 2.75) is 13.8 Å². The molecule has 18 heavy (non-hydrogen) atoms. The van der Waals surface area contributed by atoms with E-state index in [-0.39, 0.29) is 11.3 Å². The van der Waals surface area contributed by atoms with Gasteiger partial charge < -0.3 is 4.98 Å². The molecule has 0 saturated carbocycles. The molecule has 0 fully saturated rings. The largest absolute Gasteiger partial charge is 0.312 e. The second-order valence-corrected chi connectivity index (χ2v) is 5.04. The molecule has 1 N–H and O–H groups in total. The van der Waals surface area contributed by atoms with E-state index in [0.717, 1.165) is 10.2 Å². The van der Waals surface area contributed by atoms with Crippen molar-refractivity contribution in [3.63, 3.8) is 0 Å². The molecule has 6 heteroatoms. The van der Waals surface area contributed by atoms with Crippen molar-refractivity contribution in [3.8, 4) is 0 Å². The minimum Gasteiger partial charge on any atom is -0.312 e. The number of fused-ring (bicyclic) bond motifs is 3. The van der Waals surface area contributed by atoms with Gasteiger partial charge in [0.1, 0.15) is 9.53 Å². The molecule has 5 nitrogen and oxygen atoms in total. The third kappa shape index (κ3) is 1.46. The van der Waals surface area contributed by atoms with Crippen LogP contribution in [0.5, 0.6) is 0 Å². The van der Waals surface area contributed by atoms with E-state index in [0.29, 0.717) is 21.5 Å².